The maximum Gasteiger partial charge on any atom is 0.0710 e. The predicted octanol–water partition coefficient (Wildman–Crippen LogP) is 3.61. The van der Waals surface area contributed by atoms with Crippen molar-refractivity contribution in [3.63, 3.8) is 0 Å². The van der Waals surface area contributed by atoms with Crippen molar-refractivity contribution in [3.8, 4) is 11.1 Å². The van der Waals surface area contributed by atoms with Gasteiger partial charge in [0.1, 0.15) is 0 Å². The SMILES string of the molecule is Cc1cc(-c2ccncc2)cc2ncccc12. The second kappa shape index (κ2) is 3.98. The number of aryl methyl sites for hydroxylation is 1. The lowest BCUT2D eigenvalue weighted by atomic mass is 10.0. The number of hydrogen-bond donors (Lipinski definition) is 0. The first-order valence-electron chi connectivity index (χ1n) is 5.60. The molecule has 0 aliphatic rings. The molecule has 2 heterocycles. The smallest absolute Gasteiger partial charge is 0.0710 e. The highest BCUT2D eigenvalue weighted by Crippen LogP contribution is 2.25. The number of pyridine rings is 2. The molecule has 2 aromatic heterocycles. The fourth-order valence-corrected chi connectivity index (χ4v) is 2.08. The van der Waals surface area contributed by atoms with Gasteiger partial charge in [0.25, 0.3) is 0 Å². The third-order valence-electron chi connectivity index (χ3n) is 2.94. The van der Waals surface area contributed by atoms with Crippen molar-refractivity contribution in [3.05, 3.63) is 60.6 Å². The van der Waals surface area contributed by atoms with E-state index in [4.69, 9.17) is 0 Å². The summed E-state index contributed by atoms with van der Waals surface area (Å²) in [6.07, 6.45) is 5.46. The van der Waals surface area contributed by atoms with Crippen molar-refractivity contribution in [2.75, 3.05) is 0 Å². The summed E-state index contributed by atoms with van der Waals surface area (Å²) in [5.74, 6) is 0. The maximum absolute atomic E-state index is 4.41. The van der Waals surface area contributed by atoms with Crippen molar-refractivity contribution < 1.29 is 0 Å². The molecule has 0 fully saturated rings. The van der Waals surface area contributed by atoms with Crippen LogP contribution in [0.2, 0.25) is 0 Å². The quantitative estimate of drug-likeness (QED) is 0.626. The number of rotatable bonds is 1. The van der Waals surface area contributed by atoms with Gasteiger partial charge in [-0.1, -0.05) is 12.1 Å². The Balaban J connectivity index is 2.26. The second-order valence-electron chi connectivity index (χ2n) is 4.10. The molecule has 0 saturated carbocycles. The number of fused-ring (bicyclic) bond motifs is 1. The van der Waals surface area contributed by atoms with E-state index in [0.29, 0.717) is 0 Å². The molecule has 0 bridgehead atoms. The van der Waals surface area contributed by atoms with Gasteiger partial charge in [0.2, 0.25) is 0 Å². The summed E-state index contributed by atoms with van der Waals surface area (Å²) in [4.78, 5) is 8.45. The zero-order valence-electron chi connectivity index (χ0n) is 9.59. The minimum atomic E-state index is 1.04. The molecular formula is C15H12N2. The molecule has 0 unspecified atom stereocenters. The fraction of sp³-hybridized carbons (Fsp3) is 0.0667. The lowest BCUT2D eigenvalue weighted by Crippen LogP contribution is -1.85. The van der Waals surface area contributed by atoms with Crippen LogP contribution in [0.4, 0.5) is 0 Å². The minimum absolute atomic E-state index is 1.04. The molecule has 0 amide bonds. The molecule has 0 N–H and O–H groups in total. The molecule has 17 heavy (non-hydrogen) atoms. The van der Waals surface area contributed by atoms with Crippen molar-refractivity contribution >= 4 is 10.9 Å². The molecule has 0 radical (unpaired) electrons. The molecule has 82 valence electrons. The molecule has 2 heteroatoms. The van der Waals surface area contributed by atoms with E-state index < -0.39 is 0 Å². The zero-order valence-corrected chi connectivity index (χ0v) is 9.59. The van der Waals surface area contributed by atoms with Crippen molar-refractivity contribution in [1.29, 1.82) is 0 Å². The Bertz CT molecular complexity index is 660. The molecule has 3 aromatic rings. The Morgan fingerprint density at radius 2 is 1.71 bits per heavy atom. The highest BCUT2D eigenvalue weighted by Gasteiger charge is 2.03. The Kier molecular flexibility index (Phi) is 2.33. The summed E-state index contributed by atoms with van der Waals surface area (Å²) in [5, 5.41) is 1.21. The van der Waals surface area contributed by atoms with Crippen LogP contribution >= 0.6 is 0 Å². The molecule has 3 rings (SSSR count). The topological polar surface area (TPSA) is 25.8 Å². The molecule has 0 saturated heterocycles. The lowest BCUT2D eigenvalue weighted by Gasteiger charge is -2.06. The minimum Gasteiger partial charge on any atom is -0.265 e. The monoisotopic (exact) mass is 220 g/mol. The fourth-order valence-electron chi connectivity index (χ4n) is 2.08. The summed E-state index contributed by atoms with van der Waals surface area (Å²) >= 11 is 0. The Morgan fingerprint density at radius 1 is 0.882 bits per heavy atom. The third-order valence-corrected chi connectivity index (χ3v) is 2.94. The van der Waals surface area contributed by atoms with E-state index in [-0.39, 0.29) is 0 Å². The molecule has 0 spiro atoms. The van der Waals surface area contributed by atoms with E-state index in [1.54, 1.807) is 0 Å². The average Bonchev–Trinajstić information content (AvgIpc) is 2.40. The van der Waals surface area contributed by atoms with E-state index in [1.165, 1.54) is 22.1 Å². The molecule has 1 aromatic carbocycles. The zero-order chi connectivity index (χ0) is 11.7. The van der Waals surface area contributed by atoms with Gasteiger partial charge in [-0.2, -0.15) is 0 Å². The Hall–Kier alpha value is -2.22. The summed E-state index contributed by atoms with van der Waals surface area (Å²) in [7, 11) is 0. The van der Waals surface area contributed by atoms with Crippen LogP contribution in [-0.4, -0.2) is 9.97 Å². The molecular weight excluding hydrogens is 208 g/mol. The normalized spacial score (nSPS) is 10.6. The van der Waals surface area contributed by atoms with Gasteiger partial charge in [-0.05, 0) is 47.9 Å². The van der Waals surface area contributed by atoms with Crippen LogP contribution in [0.15, 0.2) is 55.0 Å². The first kappa shape index (κ1) is 9.97. The van der Waals surface area contributed by atoms with Gasteiger partial charge >= 0.3 is 0 Å². The van der Waals surface area contributed by atoms with Crippen LogP contribution in [0.5, 0.6) is 0 Å². The van der Waals surface area contributed by atoms with Crippen LogP contribution in [0.25, 0.3) is 22.0 Å². The first-order chi connectivity index (χ1) is 8.34. The van der Waals surface area contributed by atoms with Crippen LogP contribution in [0.3, 0.4) is 0 Å². The standard InChI is InChI=1S/C15H12N2/c1-11-9-13(12-4-7-16-8-5-12)10-15-14(11)3-2-6-17-15/h2-10H,1H3. The molecule has 2 nitrogen and oxygen atoms in total. The summed E-state index contributed by atoms with van der Waals surface area (Å²) in [5.41, 5.74) is 4.66. The average molecular weight is 220 g/mol. The number of hydrogen-bond acceptors (Lipinski definition) is 2. The van der Waals surface area contributed by atoms with Crippen LogP contribution in [0, 0.1) is 6.92 Å². The van der Waals surface area contributed by atoms with Gasteiger partial charge in [0.05, 0.1) is 5.52 Å². The Labute approximate surface area is 100.0 Å². The van der Waals surface area contributed by atoms with Crippen molar-refractivity contribution in [2.45, 2.75) is 6.92 Å². The molecule has 0 atom stereocenters. The highest BCUT2D eigenvalue weighted by molar-refractivity contribution is 5.87. The predicted molar refractivity (Wildman–Crippen MR) is 69.7 cm³/mol. The van der Waals surface area contributed by atoms with Gasteiger partial charge in [-0.15, -0.1) is 0 Å². The van der Waals surface area contributed by atoms with Gasteiger partial charge in [-0.25, -0.2) is 0 Å². The Morgan fingerprint density at radius 3 is 2.53 bits per heavy atom. The number of aromatic nitrogens is 2. The van der Waals surface area contributed by atoms with E-state index in [9.17, 15) is 0 Å². The van der Waals surface area contributed by atoms with Crippen molar-refractivity contribution in [1.82, 2.24) is 9.97 Å². The van der Waals surface area contributed by atoms with E-state index in [1.807, 2.05) is 36.8 Å². The lowest BCUT2D eigenvalue weighted by molar-refractivity contribution is 1.33. The summed E-state index contributed by atoms with van der Waals surface area (Å²) in [6.45, 7) is 2.12. The van der Waals surface area contributed by atoms with Crippen LogP contribution < -0.4 is 0 Å². The number of nitrogens with zero attached hydrogens (tertiary/aromatic N) is 2. The first-order valence-corrected chi connectivity index (χ1v) is 5.60. The van der Waals surface area contributed by atoms with E-state index >= 15 is 0 Å². The van der Waals surface area contributed by atoms with Gasteiger partial charge in [-0.3, -0.25) is 9.97 Å². The molecule has 0 aliphatic carbocycles. The highest BCUT2D eigenvalue weighted by atomic mass is 14.6. The van der Waals surface area contributed by atoms with Gasteiger partial charge < -0.3 is 0 Å². The molecule has 0 aliphatic heterocycles. The van der Waals surface area contributed by atoms with E-state index in [0.717, 1.165) is 5.52 Å². The van der Waals surface area contributed by atoms with Crippen LogP contribution in [0.1, 0.15) is 5.56 Å². The third kappa shape index (κ3) is 1.78. The van der Waals surface area contributed by atoms with Gasteiger partial charge in [0, 0.05) is 24.0 Å². The van der Waals surface area contributed by atoms with Gasteiger partial charge in [0.15, 0.2) is 0 Å². The van der Waals surface area contributed by atoms with Crippen LogP contribution in [-0.2, 0) is 0 Å². The summed E-state index contributed by atoms with van der Waals surface area (Å²) < 4.78 is 0. The second-order valence-corrected chi connectivity index (χ2v) is 4.10. The summed E-state index contributed by atoms with van der Waals surface area (Å²) in [6, 6.07) is 12.4. The maximum atomic E-state index is 4.41. The largest absolute Gasteiger partial charge is 0.265 e. The number of benzene rings is 1. The van der Waals surface area contributed by atoms with Crippen molar-refractivity contribution in [2.24, 2.45) is 0 Å². The van der Waals surface area contributed by atoms with E-state index in [2.05, 4.69) is 35.1 Å².